The Morgan fingerprint density at radius 1 is 1.12 bits per heavy atom. The molecule has 0 saturated heterocycles. The number of anilines is 1. The molecule has 0 saturated carbocycles. The number of amides is 3. The highest BCUT2D eigenvalue weighted by molar-refractivity contribution is 7.13. The van der Waals surface area contributed by atoms with E-state index in [-0.39, 0.29) is 23.5 Å². The van der Waals surface area contributed by atoms with Crippen LogP contribution in [0.25, 0.3) is 0 Å². The zero-order chi connectivity index (χ0) is 18.1. The summed E-state index contributed by atoms with van der Waals surface area (Å²) in [6, 6.07) is 6.60. The summed E-state index contributed by atoms with van der Waals surface area (Å²) in [5.41, 5.74) is 0.623. The zero-order valence-corrected chi connectivity index (χ0v) is 14.7. The Kier molecular flexibility index (Phi) is 7.11. The minimum Gasteiger partial charge on any atom is -0.497 e. The summed E-state index contributed by atoms with van der Waals surface area (Å²) in [6.07, 6.45) is 0. The van der Waals surface area contributed by atoms with E-state index in [1.165, 1.54) is 0 Å². The number of methoxy groups -OCH3 is 2. The van der Waals surface area contributed by atoms with Crippen LogP contribution in [0.2, 0.25) is 0 Å². The van der Waals surface area contributed by atoms with Crippen molar-refractivity contribution in [3.8, 4) is 5.75 Å². The van der Waals surface area contributed by atoms with Gasteiger partial charge in [0.05, 0.1) is 20.3 Å². The first-order valence-corrected chi connectivity index (χ1v) is 8.22. The number of rotatable bonds is 8. The molecule has 1 aromatic heterocycles. The van der Waals surface area contributed by atoms with Gasteiger partial charge in [-0.3, -0.25) is 4.79 Å². The average Bonchev–Trinajstić information content (AvgIpc) is 3.10. The largest absolute Gasteiger partial charge is 0.497 e. The van der Waals surface area contributed by atoms with Crippen LogP contribution in [0.4, 0.5) is 10.5 Å². The minimum atomic E-state index is -0.363. The summed E-state index contributed by atoms with van der Waals surface area (Å²) in [4.78, 5) is 23.7. The third-order valence-electron chi connectivity index (χ3n) is 3.00. The molecule has 0 radical (unpaired) electrons. The van der Waals surface area contributed by atoms with Crippen molar-refractivity contribution in [2.45, 2.75) is 6.54 Å². The number of nitrogens with zero attached hydrogens (tertiary/aromatic N) is 2. The minimum absolute atomic E-state index is 0.187. The fourth-order valence-corrected chi connectivity index (χ4v) is 2.44. The predicted octanol–water partition coefficient (Wildman–Crippen LogP) is 1.24. The highest BCUT2D eigenvalue weighted by Crippen LogP contribution is 2.17. The van der Waals surface area contributed by atoms with Gasteiger partial charge in [0.2, 0.25) is 5.01 Å². The molecule has 0 atom stereocenters. The summed E-state index contributed by atoms with van der Waals surface area (Å²) in [5, 5.41) is 16.4. The van der Waals surface area contributed by atoms with E-state index in [9.17, 15) is 9.59 Å². The maximum Gasteiger partial charge on any atom is 0.315 e. The maximum atomic E-state index is 12.1. The Morgan fingerprint density at radius 2 is 1.88 bits per heavy atom. The van der Waals surface area contributed by atoms with Crippen molar-refractivity contribution in [1.82, 2.24) is 20.8 Å². The van der Waals surface area contributed by atoms with Crippen LogP contribution in [0.5, 0.6) is 5.75 Å². The van der Waals surface area contributed by atoms with E-state index in [1.807, 2.05) is 0 Å². The molecular formula is C15H19N5O4S. The molecule has 3 amide bonds. The first-order chi connectivity index (χ1) is 12.1. The number of aromatic nitrogens is 2. The molecule has 3 N–H and O–H groups in total. The monoisotopic (exact) mass is 365 g/mol. The predicted molar refractivity (Wildman–Crippen MR) is 93.0 cm³/mol. The van der Waals surface area contributed by atoms with Gasteiger partial charge >= 0.3 is 6.03 Å². The molecule has 0 aliphatic rings. The summed E-state index contributed by atoms with van der Waals surface area (Å²) in [6.45, 7) is 1.03. The van der Waals surface area contributed by atoms with Gasteiger partial charge in [0.1, 0.15) is 10.8 Å². The van der Waals surface area contributed by atoms with Crippen molar-refractivity contribution in [2.75, 3.05) is 32.7 Å². The van der Waals surface area contributed by atoms with Gasteiger partial charge in [0.25, 0.3) is 5.91 Å². The van der Waals surface area contributed by atoms with Crippen LogP contribution in [0.1, 0.15) is 14.8 Å². The van der Waals surface area contributed by atoms with E-state index < -0.39 is 0 Å². The molecule has 0 aliphatic heterocycles. The number of urea groups is 1. The van der Waals surface area contributed by atoms with Crippen LogP contribution < -0.4 is 20.7 Å². The summed E-state index contributed by atoms with van der Waals surface area (Å²) in [5.74, 6) is 0.338. The van der Waals surface area contributed by atoms with E-state index in [1.54, 1.807) is 38.5 Å². The summed E-state index contributed by atoms with van der Waals surface area (Å²) < 4.78 is 9.89. The maximum absolute atomic E-state index is 12.1. The van der Waals surface area contributed by atoms with E-state index in [4.69, 9.17) is 9.47 Å². The van der Waals surface area contributed by atoms with Crippen molar-refractivity contribution in [1.29, 1.82) is 0 Å². The third kappa shape index (κ3) is 6.01. The zero-order valence-electron chi connectivity index (χ0n) is 13.9. The molecule has 25 heavy (non-hydrogen) atoms. The van der Waals surface area contributed by atoms with Crippen molar-refractivity contribution in [3.05, 3.63) is 34.3 Å². The Bertz CT molecular complexity index is 704. The SMILES string of the molecule is COCCNC(=O)NCc1nnc(C(=O)Nc2ccc(OC)cc2)s1. The first kappa shape index (κ1) is 18.6. The van der Waals surface area contributed by atoms with Gasteiger partial charge in [-0.2, -0.15) is 0 Å². The standard InChI is InChI=1S/C15H19N5O4S/c1-23-8-7-16-15(22)17-9-12-19-20-14(25-12)13(21)18-10-3-5-11(24-2)6-4-10/h3-6H,7-9H2,1-2H3,(H,18,21)(H2,16,17,22). The van der Waals surface area contributed by atoms with Gasteiger partial charge in [-0.05, 0) is 24.3 Å². The molecule has 9 nitrogen and oxygen atoms in total. The van der Waals surface area contributed by atoms with Gasteiger partial charge in [-0.25, -0.2) is 4.79 Å². The summed E-state index contributed by atoms with van der Waals surface area (Å²) >= 11 is 1.11. The number of nitrogens with one attached hydrogen (secondary N) is 3. The fraction of sp³-hybridized carbons (Fsp3) is 0.333. The van der Waals surface area contributed by atoms with Gasteiger partial charge in [-0.1, -0.05) is 11.3 Å². The lowest BCUT2D eigenvalue weighted by atomic mass is 10.3. The lowest BCUT2D eigenvalue weighted by Gasteiger charge is -2.05. The molecule has 134 valence electrons. The molecule has 2 rings (SSSR count). The fourth-order valence-electron chi connectivity index (χ4n) is 1.76. The molecule has 1 heterocycles. The average molecular weight is 365 g/mol. The second kappa shape index (κ2) is 9.55. The van der Waals surface area contributed by atoms with E-state index in [0.717, 1.165) is 11.3 Å². The third-order valence-corrected chi connectivity index (χ3v) is 3.92. The molecule has 0 aliphatic carbocycles. The smallest absolute Gasteiger partial charge is 0.315 e. The first-order valence-electron chi connectivity index (χ1n) is 7.41. The van der Waals surface area contributed by atoms with Crippen molar-refractivity contribution in [2.24, 2.45) is 0 Å². The Balaban J connectivity index is 1.82. The van der Waals surface area contributed by atoms with Crippen molar-refractivity contribution in [3.63, 3.8) is 0 Å². The molecule has 0 spiro atoms. The second-order valence-electron chi connectivity index (χ2n) is 4.79. The number of carbonyl (C=O) groups is 2. The molecule has 0 unspecified atom stereocenters. The van der Waals surface area contributed by atoms with E-state index >= 15 is 0 Å². The highest BCUT2D eigenvalue weighted by atomic mass is 32.1. The van der Waals surface area contributed by atoms with Crippen LogP contribution in [-0.2, 0) is 11.3 Å². The van der Waals surface area contributed by atoms with Gasteiger partial charge in [0, 0.05) is 19.3 Å². The number of hydrogen-bond donors (Lipinski definition) is 3. The number of benzene rings is 1. The number of ether oxygens (including phenoxy) is 2. The van der Waals surface area contributed by atoms with Gasteiger partial charge in [0.15, 0.2) is 0 Å². The number of hydrogen-bond acceptors (Lipinski definition) is 7. The molecular weight excluding hydrogens is 346 g/mol. The Labute approximate surface area is 148 Å². The van der Waals surface area contributed by atoms with Crippen molar-refractivity contribution >= 4 is 29.0 Å². The highest BCUT2D eigenvalue weighted by Gasteiger charge is 2.13. The van der Waals surface area contributed by atoms with Gasteiger partial charge in [-0.15, -0.1) is 10.2 Å². The van der Waals surface area contributed by atoms with E-state index in [0.29, 0.717) is 29.6 Å². The molecule has 0 fully saturated rings. The lowest BCUT2D eigenvalue weighted by molar-refractivity contribution is 0.102. The normalized spacial score (nSPS) is 10.2. The van der Waals surface area contributed by atoms with E-state index in [2.05, 4.69) is 26.1 Å². The Morgan fingerprint density at radius 3 is 2.56 bits per heavy atom. The van der Waals surface area contributed by atoms with Crippen LogP contribution in [-0.4, -0.2) is 49.5 Å². The van der Waals surface area contributed by atoms with Crippen LogP contribution in [0.3, 0.4) is 0 Å². The van der Waals surface area contributed by atoms with Crippen molar-refractivity contribution < 1.29 is 19.1 Å². The quantitative estimate of drug-likeness (QED) is 0.607. The second-order valence-corrected chi connectivity index (χ2v) is 5.85. The van der Waals surface area contributed by atoms with Gasteiger partial charge < -0.3 is 25.4 Å². The summed E-state index contributed by atoms with van der Waals surface area (Å²) in [7, 11) is 3.13. The molecule has 10 heteroatoms. The van der Waals surface area contributed by atoms with Crippen LogP contribution >= 0.6 is 11.3 Å². The Hall–Kier alpha value is -2.72. The molecule has 2 aromatic rings. The number of carbonyl (C=O) groups excluding carboxylic acids is 2. The topological polar surface area (TPSA) is 114 Å². The molecule has 0 bridgehead atoms. The molecule has 1 aromatic carbocycles. The van der Waals surface area contributed by atoms with Crippen LogP contribution in [0.15, 0.2) is 24.3 Å². The lowest BCUT2D eigenvalue weighted by Crippen LogP contribution is -2.36. The van der Waals surface area contributed by atoms with Crippen LogP contribution in [0, 0.1) is 0 Å².